The number of hydrogen-bond donors (Lipinski definition) is 2. The number of nitrogens with one attached hydrogen (secondary N) is 1. The molecule has 3 aromatic heterocycles. The molecule has 7 nitrogen and oxygen atoms in total. The lowest BCUT2D eigenvalue weighted by Crippen LogP contribution is -2.37. The van der Waals surface area contributed by atoms with Crippen LogP contribution in [0.25, 0.3) is 21.3 Å². The summed E-state index contributed by atoms with van der Waals surface area (Å²) in [4.78, 5) is 26.7. The Labute approximate surface area is 234 Å². The molecule has 1 aliphatic heterocycles. The number of fused-ring (bicyclic) bond motifs is 1. The summed E-state index contributed by atoms with van der Waals surface area (Å²) in [5.41, 5.74) is 7.90. The lowest BCUT2D eigenvalue weighted by molar-refractivity contribution is -0.106. The molecule has 1 aliphatic rings. The SMILES string of the molecule is C[C@@H](c1ccc(F)c(F)c1)c1cccnc1NCc1ccc(-c2ccc3ncnc(N4CCC4)c3c2)s1.NC=O. The summed E-state index contributed by atoms with van der Waals surface area (Å²) in [5, 5.41) is 4.53. The second-order valence-corrected chi connectivity index (χ2v) is 10.5. The van der Waals surface area contributed by atoms with E-state index in [0.717, 1.165) is 46.8 Å². The summed E-state index contributed by atoms with van der Waals surface area (Å²) in [5.74, 6) is -0.0902. The number of primary amides is 1. The van der Waals surface area contributed by atoms with Crippen LogP contribution in [0.2, 0.25) is 0 Å². The molecule has 4 heterocycles. The van der Waals surface area contributed by atoms with E-state index in [4.69, 9.17) is 4.79 Å². The van der Waals surface area contributed by atoms with Gasteiger partial charge in [0.1, 0.15) is 18.0 Å². The van der Waals surface area contributed by atoms with E-state index in [1.54, 1.807) is 29.9 Å². The molecule has 10 heteroatoms. The normalized spacial score (nSPS) is 13.2. The van der Waals surface area contributed by atoms with Crippen molar-refractivity contribution in [1.29, 1.82) is 0 Å². The van der Waals surface area contributed by atoms with Crippen LogP contribution in [-0.2, 0) is 11.3 Å². The van der Waals surface area contributed by atoms with E-state index in [9.17, 15) is 8.78 Å². The molecule has 0 saturated carbocycles. The van der Waals surface area contributed by atoms with Gasteiger partial charge in [-0.1, -0.05) is 25.1 Å². The molecule has 40 heavy (non-hydrogen) atoms. The predicted octanol–water partition coefficient (Wildman–Crippen LogP) is 6.11. The number of anilines is 2. The van der Waals surface area contributed by atoms with Gasteiger partial charge >= 0.3 is 0 Å². The topological polar surface area (TPSA) is 97.0 Å². The number of halogens is 2. The van der Waals surface area contributed by atoms with E-state index < -0.39 is 11.6 Å². The zero-order chi connectivity index (χ0) is 28.1. The van der Waals surface area contributed by atoms with Gasteiger partial charge in [-0.3, -0.25) is 4.79 Å². The molecular weight excluding hydrogens is 530 g/mol. The maximum absolute atomic E-state index is 13.8. The highest BCUT2D eigenvalue weighted by Crippen LogP contribution is 2.35. The van der Waals surface area contributed by atoms with Crippen molar-refractivity contribution < 1.29 is 13.6 Å². The van der Waals surface area contributed by atoms with Crippen molar-refractivity contribution in [3.05, 3.63) is 101 Å². The van der Waals surface area contributed by atoms with E-state index >= 15 is 0 Å². The van der Waals surface area contributed by atoms with Crippen LogP contribution in [0.5, 0.6) is 0 Å². The molecule has 6 rings (SSSR count). The summed E-state index contributed by atoms with van der Waals surface area (Å²) < 4.78 is 27.2. The molecule has 0 radical (unpaired) electrons. The number of carbonyl (C=O) groups excluding carboxylic acids is 1. The Morgan fingerprint density at radius 3 is 2.62 bits per heavy atom. The average molecular weight is 559 g/mol. The third-order valence-electron chi connectivity index (χ3n) is 6.90. The standard InChI is InChI=1S/C29H25F2N5S.CH3NO/c1-18(19-5-8-24(30)25(31)15-19)22-4-2-11-32-28(22)33-16-21-7-10-27(37-21)20-6-9-26-23(14-20)29(35-17-34-26)36-12-3-13-36;2-1-3/h2,4-11,14-15,17-18H,3,12-13,16H2,1H3,(H,32,33);1H,(H2,2,3)/t18-;/m0./s1. The Morgan fingerprint density at radius 2 is 1.88 bits per heavy atom. The van der Waals surface area contributed by atoms with Crippen LogP contribution in [0.4, 0.5) is 20.4 Å². The molecule has 0 aliphatic carbocycles. The summed E-state index contributed by atoms with van der Waals surface area (Å²) in [7, 11) is 0. The van der Waals surface area contributed by atoms with E-state index in [1.165, 1.54) is 28.3 Å². The maximum atomic E-state index is 13.8. The summed E-state index contributed by atoms with van der Waals surface area (Å²) in [6.45, 7) is 4.65. The van der Waals surface area contributed by atoms with Crippen LogP contribution in [0.15, 0.2) is 73.2 Å². The molecule has 1 atom stereocenters. The van der Waals surface area contributed by atoms with Gasteiger partial charge in [0.15, 0.2) is 11.6 Å². The fourth-order valence-corrected chi connectivity index (χ4v) is 5.60. The molecule has 1 amide bonds. The van der Waals surface area contributed by atoms with Gasteiger partial charge in [-0.2, -0.15) is 0 Å². The Morgan fingerprint density at radius 1 is 1.05 bits per heavy atom. The molecule has 0 unspecified atom stereocenters. The van der Waals surface area contributed by atoms with Crippen molar-refractivity contribution in [2.24, 2.45) is 5.73 Å². The number of nitrogens with zero attached hydrogens (tertiary/aromatic N) is 4. The molecule has 2 aromatic carbocycles. The lowest BCUT2D eigenvalue weighted by Gasteiger charge is -2.32. The molecule has 3 N–H and O–H groups in total. The minimum Gasteiger partial charge on any atom is -0.372 e. The van der Waals surface area contributed by atoms with Crippen LogP contribution in [0.3, 0.4) is 0 Å². The number of rotatable bonds is 7. The highest BCUT2D eigenvalue weighted by atomic mass is 32.1. The molecule has 1 saturated heterocycles. The number of thiophene rings is 1. The largest absolute Gasteiger partial charge is 0.372 e. The van der Waals surface area contributed by atoms with Crippen LogP contribution >= 0.6 is 11.3 Å². The minimum absolute atomic E-state index is 0.148. The number of benzene rings is 2. The zero-order valence-electron chi connectivity index (χ0n) is 21.8. The van der Waals surface area contributed by atoms with E-state index in [1.807, 2.05) is 19.1 Å². The van der Waals surface area contributed by atoms with Crippen molar-refractivity contribution in [1.82, 2.24) is 15.0 Å². The summed E-state index contributed by atoms with van der Waals surface area (Å²) in [6, 6.07) is 18.5. The first-order chi connectivity index (χ1) is 19.5. The van der Waals surface area contributed by atoms with Crippen molar-refractivity contribution in [2.75, 3.05) is 23.3 Å². The monoisotopic (exact) mass is 558 g/mol. The fourth-order valence-electron chi connectivity index (χ4n) is 4.65. The molecule has 204 valence electrons. The van der Waals surface area contributed by atoms with Gasteiger partial charge in [0.2, 0.25) is 6.41 Å². The van der Waals surface area contributed by atoms with Crippen LogP contribution < -0.4 is 16.0 Å². The van der Waals surface area contributed by atoms with Gasteiger partial charge in [0, 0.05) is 45.9 Å². The highest BCUT2D eigenvalue weighted by Gasteiger charge is 2.19. The number of nitrogens with two attached hydrogens (primary N) is 1. The third-order valence-corrected chi connectivity index (χ3v) is 8.03. The predicted molar refractivity (Wildman–Crippen MR) is 155 cm³/mol. The minimum atomic E-state index is -0.843. The van der Waals surface area contributed by atoms with E-state index in [2.05, 4.69) is 61.2 Å². The number of carbonyl (C=O) groups is 1. The first kappa shape index (κ1) is 27.1. The van der Waals surface area contributed by atoms with Gasteiger partial charge in [-0.25, -0.2) is 23.7 Å². The molecular formula is C30H28F2N6OS. The first-order valence-corrected chi connectivity index (χ1v) is 13.7. The molecule has 1 fully saturated rings. The first-order valence-electron chi connectivity index (χ1n) is 12.9. The fraction of sp³-hybridized carbons (Fsp3) is 0.200. The second kappa shape index (κ2) is 12.2. The van der Waals surface area contributed by atoms with Crippen LogP contribution in [-0.4, -0.2) is 34.5 Å². The van der Waals surface area contributed by atoms with E-state index in [0.29, 0.717) is 12.1 Å². The van der Waals surface area contributed by atoms with Gasteiger partial charge in [0.25, 0.3) is 0 Å². The van der Waals surface area contributed by atoms with Crippen molar-refractivity contribution >= 4 is 40.3 Å². The summed E-state index contributed by atoms with van der Waals surface area (Å²) in [6.07, 6.45) is 4.82. The van der Waals surface area contributed by atoms with Crippen molar-refractivity contribution in [3.8, 4) is 10.4 Å². The highest BCUT2D eigenvalue weighted by molar-refractivity contribution is 7.15. The molecule has 0 bridgehead atoms. The van der Waals surface area contributed by atoms with Gasteiger partial charge in [-0.05, 0) is 60.0 Å². The van der Waals surface area contributed by atoms with E-state index in [-0.39, 0.29) is 12.3 Å². The smallest absolute Gasteiger partial charge is 0.204 e. The molecule has 0 spiro atoms. The Balaban J connectivity index is 0.00000103. The summed E-state index contributed by atoms with van der Waals surface area (Å²) >= 11 is 1.73. The maximum Gasteiger partial charge on any atom is 0.204 e. The number of pyridine rings is 1. The Hall–Kier alpha value is -4.44. The Kier molecular flexibility index (Phi) is 8.26. The number of hydrogen-bond acceptors (Lipinski definition) is 7. The average Bonchev–Trinajstić information content (AvgIpc) is 3.42. The van der Waals surface area contributed by atoms with Gasteiger partial charge in [-0.15, -0.1) is 11.3 Å². The number of amides is 1. The Bertz CT molecular complexity index is 1640. The second-order valence-electron chi connectivity index (χ2n) is 9.36. The van der Waals surface area contributed by atoms with Crippen LogP contribution in [0, 0.1) is 11.6 Å². The third kappa shape index (κ3) is 5.76. The van der Waals surface area contributed by atoms with Crippen LogP contribution in [0.1, 0.15) is 35.3 Å². The molecule has 5 aromatic rings. The van der Waals surface area contributed by atoms with Gasteiger partial charge in [0.05, 0.1) is 12.1 Å². The lowest BCUT2D eigenvalue weighted by atomic mass is 9.93. The van der Waals surface area contributed by atoms with Crippen molar-refractivity contribution in [3.63, 3.8) is 0 Å². The van der Waals surface area contributed by atoms with Crippen molar-refractivity contribution in [2.45, 2.75) is 25.8 Å². The zero-order valence-corrected chi connectivity index (χ0v) is 22.7. The van der Waals surface area contributed by atoms with Gasteiger partial charge < -0.3 is 16.0 Å². The quantitative estimate of drug-likeness (QED) is 0.234. The number of aromatic nitrogens is 3.